The average molecular weight is 369 g/mol. The van der Waals surface area contributed by atoms with Gasteiger partial charge in [0.15, 0.2) is 0 Å². The van der Waals surface area contributed by atoms with Gasteiger partial charge >= 0.3 is 0 Å². The number of pyridine rings is 1. The topological polar surface area (TPSA) is 12.9 Å². The van der Waals surface area contributed by atoms with Gasteiger partial charge in [0, 0.05) is 27.6 Å². The van der Waals surface area contributed by atoms with E-state index in [-0.39, 0.29) is 4.83 Å². The van der Waals surface area contributed by atoms with E-state index in [1.54, 1.807) is 0 Å². The zero-order chi connectivity index (χ0) is 13.1. The van der Waals surface area contributed by atoms with E-state index in [1.807, 2.05) is 12.3 Å². The number of hydrogen-bond donors (Lipinski definition) is 0. The summed E-state index contributed by atoms with van der Waals surface area (Å²) in [6, 6.07) is 10.5. The fourth-order valence-corrected chi connectivity index (χ4v) is 3.43. The zero-order valence-corrected chi connectivity index (χ0v) is 13.6. The average Bonchev–Trinajstić information content (AvgIpc) is 2.35. The molecule has 0 bridgehead atoms. The van der Waals surface area contributed by atoms with Gasteiger partial charge in [-0.3, -0.25) is 4.98 Å². The quantitative estimate of drug-likeness (QED) is 0.683. The van der Waals surface area contributed by atoms with Crippen LogP contribution in [0.5, 0.6) is 0 Å². The third-order valence-corrected chi connectivity index (χ3v) is 4.52. The van der Waals surface area contributed by atoms with E-state index in [1.165, 1.54) is 16.7 Å². The van der Waals surface area contributed by atoms with Crippen molar-refractivity contribution in [1.29, 1.82) is 0 Å². The van der Waals surface area contributed by atoms with Crippen LogP contribution in [0.3, 0.4) is 0 Å². The Bertz CT molecular complexity index is 552. The molecule has 3 heteroatoms. The molecule has 1 aromatic heterocycles. The van der Waals surface area contributed by atoms with Gasteiger partial charge < -0.3 is 0 Å². The third kappa shape index (κ3) is 3.21. The Morgan fingerprint density at radius 1 is 1.22 bits per heavy atom. The molecule has 1 heterocycles. The molecule has 0 radical (unpaired) electrons. The fourth-order valence-electron chi connectivity index (χ4n) is 1.92. The van der Waals surface area contributed by atoms with Crippen LogP contribution in [0, 0.1) is 13.8 Å². The Morgan fingerprint density at radius 3 is 2.72 bits per heavy atom. The van der Waals surface area contributed by atoms with Gasteiger partial charge in [0.25, 0.3) is 0 Å². The largest absolute Gasteiger partial charge is 0.261 e. The molecule has 2 rings (SSSR count). The van der Waals surface area contributed by atoms with Crippen molar-refractivity contribution < 1.29 is 0 Å². The lowest BCUT2D eigenvalue weighted by Gasteiger charge is -2.14. The second-order valence-corrected chi connectivity index (χ2v) is 6.42. The molecule has 0 fully saturated rings. The summed E-state index contributed by atoms with van der Waals surface area (Å²) in [7, 11) is 0. The molecular formula is C15H15Br2N. The molecule has 1 aromatic carbocycles. The minimum atomic E-state index is 0.278. The summed E-state index contributed by atoms with van der Waals surface area (Å²) in [5, 5.41) is 0. The van der Waals surface area contributed by atoms with Crippen LogP contribution >= 0.6 is 31.9 Å². The summed E-state index contributed by atoms with van der Waals surface area (Å²) in [5.74, 6) is 0. The van der Waals surface area contributed by atoms with E-state index in [4.69, 9.17) is 0 Å². The van der Waals surface area contributed by atoms with Crippen molar-refractivity contribution in [3.8, 4) is 0 Å². The number of benzene rings is 1. The first-order chi connectivity index (χ1) is 8.58. The maximum atomic E-state index is 4.45. The second kappa shape index (κ2) is 5.98. The molecule has 0 saturated heterocycles. The van der Waals surface area contributed by atoms with Crippen molar-refractivity contribution in [2.75, 3.05) is 0 Å². The number of halogens is 2. The Balaban J connectivity index is 2.25. The molecular weight excluding hydrogens is 354 g/mol. The van der Waals surface area contributed by atoms with Crippen LogP contribution < -0.4 is 0 Å². The summed E-state index contributed by atoms with van der Waals surface area (Å²) in [6.45, 7) is 4.22. The summed E-state index contributed by atoms with van der Waals surface area (Å²) in [6.07, 6.45) is 2.75. The first kappa shape index (κ1) is 13.8. The molecule has 0 aliphatic rings. The van der Waals surface area contributed by atoms with Crippen molar-refractivity contribution in [1.82, 2.24) is 4.98 Å². The van der Waals surface area contributed by atoms with Crippen LogP contribution in [0.25, 0.3) is 0 Å². The zero-order valence-electron chi connectivity index (χ0n) is 10.5. The first-order valence-electron chi connectivity index (χ1n) is 5.88. The predicted molar refractivity (Wildman–Crippen MR) is 83.2 cm³/mol. The van der Waals surface area contributed by atoms with Gasteiger partial charge in [0.1, 0.15) is 0 Å². The molecule has 18 heavy (non-hydrogen) atoms. The van der Waals surface area contributed by atoms with E-state index in [9.17, 15) is 0 Å². The number of rotatable bonds is 3. The summed E-state index contributed by atoms with van der Waals surface area (Å²) in [4.78, 5) is 4.73. The second-order valence-electron chi connectivity index (χ2n) is 4.46. The van der Waals surface area contributed by atoms with Crippen LogP contribution in [-0.2, 0) is 6.42 Å². The van der Waals surface area contributed by atoms with Crippen molar-refractivity contribution >= 4 is 31.9 Å². The Labute approximate surface area is 125 Å². The van der Waals surface area contributed by atoms with Gasteiger partial charge in [0.2, 0.25) is 0 Å². The number of hydrogen-bond acceptors (Lipinski definition) is 1. The number of alkyl halides is 1. The normalized spacial score (nSPS) is 12.4. The molecule has 0 spiro atoms. The van der Waals surface area contributed by atoms with E-state index in [2.05, 4.69) is 75.0 Å². The number of aryl methyl sites for hydroxylation is 2. The molecule has 1 unspecified atom stereocenters. The highest BCUT2D eigenvalue weighted by Gasteiger charge is 2.13. The molecule has 1 nitrogen and oxygen atoms in total. The smallest absolute Gasteiger partial charge is 0.0462 e. The third-order valence-electron chi connectivity index (χ3n) is 2.98. The maximum Gasteiger partial charge on any atom is 0.0462 e. The van der Waals surface area contributed by atoms with Crippen molar-refractivity contribution in [3.05, 3.63) is 63.4 Å². The number of nitrogens with zero attached hydrogens (tertiary/aromatic N) is 1. The summed E-state index contributed by atoms with van der Waals surface area (Å²) < 4.78 is 1.14. The molecule has 0 aliphatic heterocycles. The highest BCUT2D eigenvalue weighted by atomic mass is 79.9. The Hall–Kier alpha value is -0.670. The number of aromatic nitrogens is 1. The van der Waals surface area contributed by atoms with Crippen LogP contribution in [0.1, 0.15) is 27.2 Å². The minimum absolute atomic E-state index is 0.278. The highest BCUT2D eigenvalue weighted by Crippen LogP contribution is 2.33. The lowest BCUT2D eigenvalue weighted by molar-refractivity contribution is 0.887. The minimum Gasteiger partial charge on any atom is -0.261 e. The van der Waals surface area contributed by atoms with Crippen molar-refractivity contribution in [2.24, 2.45) is 0 Å². The SMILES string of the molecule is Cc1ccc(Br)c(C(Br)Cc2ncccc2C)c1. The standard InChI is InChI=1S/C15H15Br2N/c1-10-5-6-13(16)12(8-10)14(17)9-15-11(2)4-3-7-18-15/h3-8,14H,9H2,1-2H3. The van der Waals surface area contributed by atoms with E-state index in [0.29, 0.717) is 0 Å². The van der Waals surface area contributed by atoms with E-state index >= 15 is 0 Å². The summed E-state index contributed by atoms with van der Waals surface area (Å²) >= 11 is 7.38. The van der Waals surface area contributed by atoms with Crippen LogP contribution in [0.4, 0.5) is 0 Å². The Kier molecular flexibility index (Phi) is 4.57. The molecule has 0 amide bonds. The van der Waals surface area contributed by atoms with Crippen LogP contribution in [-0.4, -0.2) is 4.98 Å². The molecule has 94 valence electrons. The predicted octanol–water partition coefficient (Wildman–Crippen LogP) is 5.14. The monoisotopic (exact) mass is 367 g/mol. The van der Waals surface area contributed by atoms with Gasteiger partial charge in [-0.1, -0.05) is 55.6 Å². The Morgan fingerprint density at radius 2 is 2.00 bits per heavy atom. The van der Waals surface area contributed by atoms with Crippen LogP contribution in [0.15, 0.2) is 41.0 Å². The van der Waals surface area contributed by atoms with Gasteiger partial charge in [-0.2, -0.15) is 0 Å². The van der Waals surface area contributed by atoms with E-state index < -0.39 is 0 Å². The van der Waals surface area contributed by atoms with Crippen molar-refractivity contribution in [3.63, 3.8) is 0 Å². The molecule has 0 saturated carbocycles. The lowest BCUT2D eigenvalue weighted by Crippen LogP contribution is -2.01. The molecule has 0 aliphatic carbocycles. The van der Waals surface area contributed by atoms with Crippen LogP contribution in [0.2, 0.25) is 0 Å². The van der Waals surface area contributed by atoms with Crippen molar-refractivity contribution in [2.45, 2.75) is 25.1 Å². The van der Waals surface area contributed by atoms with E-state index in [0.717, 1.165) is 16.6 Å². The first-order valence-corrected chi connectivity index (χ1v) is 7.59. The molecule has 2 aromatic rings. The van der Waals surface area contributed by atoms with Gasteiger partial charge in [-0.05, 0) is 37.1 Å². The molecule has 0 N–H and O–H groups in total. The maximum absolute atomic E-state index is 4.45. The van der Waals surface area contributed by atoms with Gasteiger partial charge in [0.05, 0.1) is 0 Å². The van der Waals surface area contributed by atoms with Gasteiger partial charge in [-0.25, -0.2) is 0 Å². The van der Waals surface area contributed by atoms with Gasteiger partial charge in [-0.15, -0.1) is 0 Å². The highest BCUT2D eigenvalue weighted by molar-refractivity contribution is 9.11. The summed E-state index contributed by atoms with van der Waals surface area (Å²) in [5.41, 5.74) is 4.94. The lowest BCUT2D eigenvalue weighted by atomic mass is 10.0. The fraction of sp³-hybridized carbons (Fsp3) is 0.267. The molecule has 1 atom stereocenters.